The third kappa shape index (κ3) is 2.68. The van der Waals surface area contributed by atoms with Crippen LogP contribution >= 0.6 is 15.9 Å². The van der Waals surface area contributed by atoms with Gasteiger partial charge < -0.3 is 14.4 Å². The van der Waals surface area contributed by atoms with Crippen LogP contribution in [-0.4, -0.2) is 44.5 Å². The van der Waals surface area contributed by atoms with Gasteiger partial charge in [0.25, 0.3) is 0 Å². The highest BCUT2D eigenvalue weighted by Crippen LogP contribution is 2.25. The molecule has 2 rings (SSSR count). The molecule has 0 saturated carbocycles. The van der Waals surface area contributed by atoms with E-state index >= 15 is 0 Å². The van der Waals surface area contributed by atoms with Crippen molar-refractivity contribution >= 4 is 21.7 Å². The number of alkyl halides is 1. The molecule has 1 aromatic heterocycles. The van der Waals surface area contributed by atoms with Crippen molar-refractivity contribution in [2.24, 2.45) is 0 Å². The first-order valence-electron chi connectivity index (χ1n) is 6.01. The van der Waals surface area contributed by atoms with Gasteiger partial charge in [-0.15, -0.1) is 0 Å². The van der Waals surface area contributed by atoms with Crippen molar-refractivity contribution in [3.05, 3.63) is 23.4 Å². The fourth-order valence-corrected chi connectivity index (χ4v) is 2.71. The molecule has 0 aliphatic carbocycles. The zero-order chi connectivity index (χ0) is 13.1. The third-order valence-corrected chi connectivity index (χ3v) is 4.03. The Morgan fingerprint density at radius 2 is 1.94 bits per heavy atom. The lowest BCUT2D eigenvalue weighted by atomic mass is 10.2. The Balaban J connectivity index is 2.18. The molecule has 2 heterocycles. The molecule has 2 unspecified atom stereocenters. The van der Waals surface area contributed by atoms with Gasteiger partial charge in [0.15, 0.2) is 0 Å². The first-order chi connectivity index (χ1) is 8.69. The van der Waals surface area contributed by atoms with Crippen molar-refractivity contribution < 1.29 is 9.47 Å². The highest BCUT2D eigenvalue weighted by molar-refractivity contribution is 9.08. The number of ether oxygens (including phenoxy) is 2. The average molecular weight is 315 g/mol. The predicted molar refractivity (Wildman–Crippen MR) is 75.4 cm³/mol. The SMILES string of the molecule is COC1CN(c2ncc(CBr)cc2C)CC1OC. The van der Waals surface area contributed by atoms with Gasteiger partial charge in [-0.05, 0) is 18.1 Å². The maximum absolute atomic E-state index is 5.45. The summed E-state index contributed by atoms with van der Waals surface area (Å²) in [7, 11) is 3.46. The number of anilines is 1. The van der Waals surface area contributed by atoms with Gasteiger partial charge in [0.2, 0.25) is 0 Å². The molecule has 0 spiro atoms. The molecule has 1 aromatic rings. The number of rotatable bonds is 4. The van der Waals surface area contributed by atoms with Crippen molar-refractivity contribution in [1.29, 1.82) is 0 Å². The minimum atomic E-state index is 0.118. The minimum absolute atomic E-state index is 0.118. The van der Waals surface area contributed by atoms with Gasteiger partial charge >= 0.3 is 0 Å². The van der Waals surface area contributed by atoms with Gasteiger partial charge in [-0.3, -0.25) is 0 Å². The molecule has 1 aliphatic rings. The standard InChI is InChI=1S/C13H19BrN2O2/c1-9-4-10(5-14)6-15-13(9)16-7-11(17-2)12(8-16)18-3/h4,6,11-12H,5,7-8H2,1-3H3. The van der Waals surface area contributed by atoms with E-state index in [2.05, 4.69) is 38.8 Å². The molecular formula is C13H19BrN2O2. The van der Waals surface area contributed by atoms with Crippen LogP contribution in [0, 0.1) is 6.92 Å². The first kappa shape index (κ1) is 13.8. The van der Waals surface area contributed by atoms with E-state index in [9.17, 15) is 0 Å². The number of nitrogens with zero attached hydrogens (tertiary/aromatic N) is 2. The van der Waals surface area contributed by atoms with Crippen LogP contribution in [0.25, 0.3) is 0 Å². The number of hydrogen-bond acceptors (Lipinski definition) is 4. The van der Waals surface area contributed by atoms with E-state index in [0.29, 0.717) is 0 Å². The molecule has 1 saturated heterocycles. The lowest BCUT2D eigenvalue weighted by molar-refractivity contribution is -0.00461. The van der Waals surface area contributed by atoms with E-state index in [1.807, 2.05) is 6.20 Å². The zero-order valence-corrected chi connectivity index (χ0v) is 12.6. The van der Waals surface area contributed by atoms with Gasteiger partial charge in [-0.2, -0.15) is 0 Å². The Kier molecular flexibility index (Phi) is 4.59. The Hall–Kier alpha value is -0.650. The fraction of sp³-hybridized carbons (Fsp3) is 0.615. The Morgan fingerprint density at radius 3 is 2.39 bits per heavy atom. The predicted octanol–water partition coefficient (Wildman–Crippen LogP) is 2.13. The molecule has 0 bridgehead atoms. The molecule has 0 N–H and O–H groups in total. The second kappa shape index (κ2) is 5.99. The van der Waals surface area contributed by atoms with Crippen molar-refractivity contribution in [3.63, 3.8) is 0 Å². The maximum Gasteiger partial charge on any atom is 0.131 e. The highest BCUT2D eigenvalue weighted by atomic mass is 79.9. The summed E-state index contributed by atoms with van der Waals surface area (Å²) >= 11 is 3.45. The van der Waals surface area contributed by atoms with Crippen molar-refractivity contribution in [2.45, 2.75) is 24.5 Å². The highest BCUT2D eigenvalue weighted by Gasteiger charge is 2.34. The Bertz CT molecular complexity index is 402. The van der Waals surface area contributed by atoms with Crippen molar-refractivity contribution in [1.82, 2.24) is 4.98 Å². The van der Waals surface area contributed by atoms with E-state index in [1.54, 1.807) is 14.2 Å². The van der Waals surface area contributed by atoms with E-state index in [4.69, 9.17) is 9.47 Å². The molecule has 18 heavy (non-hydrogen) atoms. The number of aromatic nitrogens is 1. The molecular weight excluding hydrogens is 296 g/mol. The fourth-order valence-electron chi connectivity index (χ4n) is 2.40. The summed E-state index contributed by atoms with van der Waals surface area (Å²) < 4.78 is 10.9. The Morgan fingerprint density at radius 1 is 1.33 bits per heavy atom. The summed E-state index contributed by atoms with van der Waals surface area (Å²) in [5.74, 6) is 1.03. The summed E-state index contributed by atoms with van der Waals surface area (Å²) in [6, 6.07) is 2.17. The Labute approximate surface area is 116 Å². The van der Waals surface area contributed by atoms with E-state index < -0.39 is 0 Å². The van der Waals surface area contributed by atoms with Gasteiger partial charge in [-0.1, -0.05) is 22.0 Å². The van der Waals surface area contributed by atoms with Crippen LogP contribution in [0.2, 0.25) is 0 Å². The third-order valence-electron chi connectivity index (χ3n) is 3.38. The van der Waals surface area contributed by atoms with E-state index in [-0.39, 0.29) is 12.2 Å². The summed E-state index contributed by atoms with van der Waals surface area (Å²) in [5, 5.41) is 0.836. The molecule has 0 amide bonds. The number of aryl methyl sites for hydroxylation is 1. The van der Waals surface area contributed by atoms with E-state index in [1.165, 1.54) is 11.1 Å². The van der Waals surface area contributed by atoms with Crippen molar-refractivity contribution in [3.8, 4) is 0 Å². The molecule has 100 valence electrons. The van der Waals surface area contributed by atoms with Crippen LogP contribution < -0.4 is 4.90 Å². The topological polar surface area (TPSA) is 34.6 Å². The van der Waals surface area contributed by atoms with Crippen LogP contribution in [0.1, 0.15) is 11.1 Å². The summed E-state index contributed by atoms with van der Waals surface area (Å²) in [4.78, 5) is 6.79. The van der Waals surface area contributed by atoms with Gasteiger partial charge in [0, 0.05) is 38.8 Å². The van der Waals surface area contributed by atoms with Gasteiger partial charge in [0.1, 0.15) is 18.0 Å². The largest absolute Gasteiger partial charge is 0.377 e. The molecule has 0 aromatic carbocycles. The second-order valence-corrected chi connectivity index (χ2v) is 5.13. The van der Waals surface area contributed by atoms with Gasteiger partial charge in [0.05, 0.1) is 0 Å². The second-order valence-electron chi connectivity index (χ2n) is 4.57. The van der Waals surface area contributed by atoms with Crippen LogP contribution in [0.5, 0.6) is 0 Å². The average Bonchev–Trinajstić information content (AvgIpc) is 2.81. The van der Waals surface area contributed by atoms with Crippen LogP contribution in [0.4, 0.5) is 5.82 Å². The molecule has 5 heteroatoms. The lowest BCUT2D eigenvalue weighted by Crippen LogP contribution is -2.27. The molecule has 2 atom stereocenters. The molecule has 1 fully saturated rings. The number of methoxy groups -OCH3 is 2. The number of halogens is 1. The van der Waals surface area contributed by atoms with Crippen molar-refractivity contribution in [2.75, 3.05) is 32.2 Å². The van der Waals surface area contributed by atoms with Crippen LogP contribution in [-0.2, 0) is 14.8 Å². The quantitative estimate of drug-likeness (QED) is 0.797. The van der Waals surface area contributed by atoms with E-state index in [0.717, 1.165) is 24.2 Å². The van der Waals surface area contributed by atoms with Gasteiger partial charge in [-0.25, -0.2) is 4.98 Å². The molecule has 0 radical (unpaired) electrons. The first-order valence-corrected chi connectivity index (χ1v) is 7.13. The summed E-state index contributed by atoms with van der Waals surface area (Å²) in [6.07, 6.45) is 2.15. The smallest absolute Gasteiger partial charge is 0.131 e. The maximum atomic E-state index is 5.45. The molecule has 4 nitrogen and oxygen atoms in total. The number of hydrogen-bond donors (Lipinski definition) is 0. The number of pyridine rings is 1. The zero-order valence-electron chi connectivity index (χ0n) is 11.0. The molecule has 1 aliphatic heterocycles. The lowest BCUT2D eigenvalue weighted by Gasteiger charge is -2.19. The monoisotopic (exact) mass is 314 g/mol. The normalized spacial score (nSPS) is 23.7. The summed E-state index contributed by atoms with van der Waals surface area (Å²) in [6.45, 7) is 3.75. The summed E-state index contributed by atoms with van der Waals surface area (Å²) in [5.41, 5.74) is 2.39. The van der Waals surface area contributed by atoms with Crippen LogP contribution in [0.3, 0.4) is 0 Å². The minimum Gasteiger partial charge on any atom is -0.377 e. The van der Waals surface area contributed by atoms with Crippen LogP contribution in [0.15, 0.2) is 12.3 Å².